The van der Waals surface area contributed by atoms with Crippen molar-refractivity contribution in [1.82, 2.24) is 20.4 Å². The van der Waals surface area contributed by atoms with E-state index in [9.17, 15) is 9.59 Å². The Labute approximate surface area is 166 Å². The molecule has 0 spiro atoms. The summed E-state index contributed by atoms with van der Waals surface area (Å²) in [6.07, 6.45) is 2.63. The zero-order chi connectivity index (χ0) is 20.2. The Kier molecular flexibility index (Phi) is 5.07. The second-order valence-corrected chi connectivity index (χ2v) is 6.55. The van der Waals surface area contributed by atoms with Crippen molar-refractivity contribution in [3.63, 3.8) is 0 Å². The fourth-order valence-corrected chi connectivity index (χ4v) is 3.03. The lowest BCUT2D eigenvalue weighted by atomic mass is 10.1. The van der Waals surface area contributed by atoms with Gasteiger partial charge in [-0.05, 0) is 37.1 Å². The van der Waals surface area contributed by atoms with Crippen LogP contribution in [0.2, 0.25) is 0 Å². The molecule has 0 aliphatic carbocycles. The summed E-state index contributed by atoms with van der Waals surface area (Å²) in [6.45, 7) is 2.18. The average Bonchev–Trinajstić information content (AvgIpc) is 3.34. The third-order valence-corrected chi connectivity index (χ3v) is 4.44. The zero-order valence-corrected chi connectivity index (χ0v) is 15.7. The van der Waals surface area contributed by atoms with Gasteiger partial charge in [-0.1, -0.05) is 29.4 Å². The average molecular weight is 389 g/mol. The Hall–Kier alpha value is -3.94. The van der Waals surface area contributed by atoms with Gasteiger partial charge in [0.25, 0.3) is 11.8 Å². The maximum atomic E-state index is 12.4. The number of rotatable bonds is 6. The molecule has 2 amide bonds. The topological polar surface area (TPSA) is 113 Å². The minimum absolute atomic E-state index is 0.120. The minimum Gasteiger partial charge on any atom is -0.361 e. The summed E-state index contributed by atoms with van der Waals surface area (Å²) in [5.41, 5.74) is 2.49. The number of nitrogens with zero attached hydrogens (tertiary/aromatic N) is 2. The SMILES string of the molecule is Cc1cc(NC(=O)c2cccc(C(=O)NCCc3c[nH]c4ccccc34)n2)no1. The summed E-state index contributed by atoms with van der Waals surface area (Å²) >= 11 is 0. The maximum Gasteiger partial charge on any atom is 0.275 e. The molecule has 3 heterocycles. The van der Waals surface area contributed by atoms with Gasteiger partial charge in [0.1, 0.15) is 17.1 Å². The molecule has 0 radical (unpaired) electrons. The van der Waals surface area contributed by atoms with Crippen molar-refractivity contribution in [2.75, 3.05) is 11.9 Å². The van der Waals surface area contributed by atoms with Crippen molar-refractivity contribution in [3.05, 3.63) is 77.4 Å². The molecule has 0 aliphatic heterocycles. The monoisotopic (exact) mass is 389 g/mol. The molecule has 0 atom stereocenters. The first kappa shape index (κ1) is 18.4. The number of anilines is 1. The van der Waals surface area contributed by atoms with Crippen LogP contribution in [-0.4, -0.2) is 33.5 Å². The molecular weight excluding hydrogens is 370 g/mol. The first-order valence-electron chi connectivity index (χ1n) is 9.15. The van der Waals surface area contributed by atoms with Gasteiger partial charge in [0.05, 0.1) is 0 Å². The highest BCUT2D eigenvalue weighted by molar-refractivity contribution is 6.03. The highest BCUT2D eigenvalue weighted by Gasteiger charge is 2.14. The van der Waals surface area contributed by atoms with Gasteiger partial charge < -0.3 is 20.1 Å². The van der Waals surface area contributed by atoms with Gasteiger partial charge in [-0.25, -0.2) is 4.98 Å². The van der Waals surface area contributed by atoms with Crippen LogP contribution in [-0.2, 0) is 6.42 Å². The molecule has 8 heteroatoms. The summed E-state index contributed by atoms with van der Waals surface area (Å²) in [5.74, 6) is 0.0722. The van der Waals surface area contributed by atoms with E-state index in [0.717, 1.165) is 16.5 Å². The summed E-state index contributed by atoms with van der Waals surface area (Å²) < 4.78 is 4.91. The molecule has 0 saturated heterocycles. The second-order valence-electron chi connectivity index (χ2n) is 6.55. The standard InChI is InChI=1S/C21H19N5O3/c1-13-11-19(26-29-13)25-21(28)18-8-4-7-17(24-18)20(27)22-10-9-14-12-23-16-6-3-2-5-15(14)16/h2-8,11-12,23H,9-10H2,1H3,(H,22,27)(H,25,26,28). The van der Waals surface area contributed by atoms with E-state index >= 15 is 0 Å². The first-order chi connectivity index (χ1) is 14.1. The molecule has 0 unspecified atom stereocenters. The smallest absolute Gasteiger partial charge is 0.275 e. The van der Waals surface area contributed by atoms with Crippen LogP contribution >= 0.6 is 0 Å². The predicted octanol–water partition coefficient (Wildman–Crippen LogP) is 3.08. The highest BCUT2D eigenvalue weighted by atomic mass is 16.5. The number of fused-ring (bicyclic) bond motifs is 1. The van der Waals surface area contributed by atoms with Gasteiger partial charge in [-0.2, -0.15) is 0 Å². The summed E-state index contributed by atoms with van der Waals surface area (Å²) in [4.78, 5) is 32.1. The van der Waals surface area contributed by atoms with Crippen LogP contribution in [0.4, 0.5) is 5.82 Å². The number of carbonyl (C=O) groups is 2. The van der Waals surface area contributed by atoms with E-state index in [1.807, 2.05) is 30.5 Å². The molecule has 1 aromatic carbocycles. The molecule has 146 valence electrons. The molecule has 8 nitrogen and oxygen atoms in total. The summed E-state index contributed by atoms with van der Waals surface area (Å²) in [5, 5.41) is 10.3. The quantitative estimate of drug-likeness (QED) is 0.469. The van der Waals surface area contributed by atoms with Gasteiger partial charge in [-0.3, -0.25) is 9.59 Å². The summed E-state index contributed by atoms with van der Waals surface area (Å²) in [6, 6.07) is 14.3. The normalized spacial score (nSPS) is 10.8. The van der Waals surface area contributed by atoms with Crippen molar-refractivity contribution in [2.45, 2.75) is 13.3 Å². The van der Waals surface area contributed by atoms with E-state index < -0.39 is 5.91 Å². The van der Waals surface area contributed by atoms with Gasteiger partial charge >= 0.3 is 0 Å². The van der Waals surface area contributed by atoms with E-state index in [0.29, 0.717) is 24.5 Å². The molecule has 4 rings (SSSR count). The van der Waals surface area contributed by atoms with Gasteiger partial charge in [-0.15, -0.1) is 0 Å². The molecule has 3 aromatic heterocycles. The van der Waals surface area contributed by atoms with E-state index in [4.69, 9.17) is 4.52 Å². The molecule has 29 heavy (non-hydrogen) atoms. The van der Waals surface area contributed by atoms with E-state index in [1.54, 1.807) is 25.1 Å². The second kappa shape index (κ2) is 7.97. The van der Waals surface area contributed by atoms with Crippen LogP contribution in [0.3, 0.4) is 0 Å². The van der Waals surface area contributed by atoms with Crippen LogP contribution < -0.4 is 10.6 Å². The minimum atomic E-state index is -0.466. The number of para-hydroxylation sites is 1. The molecule has 3 N–H and O–H groups in total. The van der Waals surface area contributed by atoms with Crippen molar-refractivity contribution < 1.29 is 14.1 Å². The highest BCUT2D eigenvalue weighted by Crippen LogP contribution is 2.17. The number of pyridine rings is 1. The zero-order valence-electron chi connectivity index (χ0n) is 15.7. The van der Waals surface area contributed by atoms with E-state index in [2.05, 4.69) is 25.8 Å². The number of aromatic amines is 1. The van der Waals surface area contributed by atoms with Crippen LogP contribution in [0.15, 0.2) is 59.3 Å². The van der Waals surface area contributed by atoms with Crippen molar-refractivity contribution in [3.8, 4) is 0 Å². The lowest BCUT2D eigenvalue weighted by Crippen LogP contribution is -2.27. The molecule has 0 saturated carbocycles. The number of carbonyl (C=O) groups excluding carboxylic acids is 2. The molecular formula is C21H19N5O3. The van der Waals surface area contributed by atoms with E-state index in [1.165, 1.54) is 6.07 Å². The Balaban J connectivity index is 1.37. The number of amides is 2. The predicted molar refractivity (Wildman–Crippen MR) is 108 cm³/mol. The number of hydrogen-bond donors (Lipinski definition) is 3. The third kappa shape index (κ3) is 4.16. The van der Waals surface area contributed by atoms with Crippen molar-refractivity contribution in [1.29, 1.82) is 0 Å². The lowest BCUT2D eigenvalue weighted by Gasteiger charge is -2.06. The Bertz CT molecular complexity index is 1180. The van der Waals surface area contributed by atoms with Gasteiger partial charge in [0.15, 0.2) is 5.82 Å². The van der Waals surface area contributed by atoms with Crippen LogP contribution in [0, 0.1) is 6.92 Å². The molecule has 4 aromatic rings. The number of benzene rings is 1. The van der Waals surface area contributed by atoms with Gasteiger partial charge in [0.2, 0.25) is 0 Å². The van der Waals surface area contributed by atoms with Crippen LogP contribution in [0.5, 0.6) is 0 Å². The first-order valence-corrected chi connectivity index (χ1v) is 9.15. The molecule has 0 bridgehead atoms. The van der Waals surface area contributed by atoms with Crippen LogP contribution in [0.25, 0.3) is 10.9 Å². The Morgan fingerprint density at radius 1 is 1.07 bits per heavy atom. The van der Waals surface area contributed by atoms with Crippen molar-refractivity contribution >= 4 is 28.5 Å². The number of aromatic nitrogens is 3. The molecule has 0 aliphatic rings. The van der Waals surface area contributed by atoms with E-state index in [-0.39, 0.29) is 17.3 Å². The number of nitrogens with one attached hydrogen (secondary N) is 3. The fraction of sp³-hybridized carbons (Fsp3) is 0.143. The van der Waals surface area contributed by atoms with Crippen molar-refractivity contribution in [2.24, 2.45) is 0 Å². The lowest BCUT2D eigenvalue weighted by molar-refractivity contribution is 0.0949. The Morgan fingerprint density at radius 3 is 2.66 bits per heavy atom. The number of H-pyrrole nitrogens is 1. The third-order valence-electron chi connectivity index (χ3n) is 4.44. The van der Waals surface area contributed by atoms with Gasteiger partial charge in [0, 0.05) is 29.7 Å². The largest absolute Gasteiger partial charge is 0.361 e. The Morgan fingerprint density at radius 2 is 1.86 bits per heavy atom. The fourth-order valence-electron chi connectivity index (χ4n) is 3.03. The number of hydrogen-bond acceptors (Lipinski definition) is 5. The maximum absolute atomic E-state index is 12.4. The number of aryl methyl sites for hydroxylation is 1. The summed E-state index contributed by atoms with van der Waals surface area (Å²) in [7, 11) is 0. The molecule has 0 fully saturated rings. The van der Waals surface area contributed by atoms with Crippen LogP contribution in [0.1, 0.15) is 32.3 Å².